The van der Waals surface area contributed by atoms with Gasteiger partial charge in [0.25, 0.3) is 6.43 Å². The van der Waals surface area contributed by atoms with E-state index in [9.17, 15) is 22.0 Å². The van der Waals surface area contributed by atoms with Crippen LogP contribution in [-0.2, 0) is 5.88 Å². The Morgan fingerprint density at radius 2 is 2.00 bits per heavy atom. The maximum atomic E-state index is 12.6. The van der Waals surface area contributed by atoms with Gasteiger partial charge < -0.3 is 9.47 Å². The summed E-state index contributed by atoms with van der Waals surface area (Å²) in [5.41, 5.74) is -1.45. The van der Waals surface area contributed by atoms with Crippen LogP contribution in [0.25, 0.3) is 0 Å². The van der Waals surface area contributed by atoms with Crippen molar-refractivity contribution in [2.45, 2.75) is 18.7 Å². The fraction of sp³-hybridized carbons (Fsp3) is 0.444. The van der Waals surface area contributed by atoms with Crippen LogP contribution >= 0.6 is 11.6 Å². The highest BCUT2D eigenvalue weighted by Crippen LogP contribution is 2.37. The van der Waals surface area contributed by atoms with Crippen LogP contribution in [0.4, 0.5) is 22.0 Å². The van der Waals surface area contributed by atoms with Crippen molar-refractivity contribution in [2.24, 2.45) is 0 Å². The lowest BCUT2D eigenvalue weighted by atomic mass is 10.2. The molecule has 9 heteroatoms. The summed E-state index contributed by atoms with van der Waals surface area (Å²) >= 11 is 5.39. The van der Waals surface area contributed by atoms with E-state index in [1.807, 2.05) is 0 Å². The molecule has 0 N–H and O–H groups in total. The smallest absolute Gasteiger partial charge is 0.481 e. The minimum Gasteiger partial charge on any atom is -0.481 e. The second kappa shape index (κ2) is 5.55. The summed E-state index contributed by atoms with van der Waals surface area (Å²) < 4.78 is 69.7. The number of methoxy groups -OCH3 is 1. The SMILES string of the molecule is COc1cc(CCl)c(OC(F)(F)F)c(C(F)F)n1. The van der Waals surface area contributed by atoms with Gasteiger partial charge in [-0.05, 0) is 0 Å². The van der Waals surface area contributed by atoms with E-state index in [1.54, 1.807) is 0 Å². The normalized spacial score (nSPS) is 11.8. The first kappa shape index (κ1) is 14.7. The van der Waals surface area contributed by atoms with Gasteiger partial charge in [0, 0.05) is 11.6 Å². The molecule has 0 unspecified atom stereocenters. The summed E-state index contributed by atoms with van der Waals surface area (Å²) in [6.07, 6.45) is -8.36. The average molecular weight is 292 g/mol. The number of rotatable bonds is 4. The molecule has 102 valence electrons. The first-order chi connectivity index (χ1) is 8.28. The van der Waals surface area contributed by atoms with Crippen LogP contribution in [0.15, 0.2) is 6.07 Å². The molecule has 0 fully saturated rings. The molecule has 1 aromatic rings. The van der Waals surface area contributed by atoms with E-state index in [1.165, 1.54) is 0 Å². The van der Waals surface area contributed by atoms with Crippen LogP contribution in [-0.4, -0.2) is 18.5 Å². The van der Waals surface area contributed by atoms with Crippen LogP contribution in [0.2, 0.25) is 0 Å². The molecule has 0 spiro atoms. The molecular weight excluding hydrogens is 285 g/mol. The first-order valence-electron chi connectivity index (χ1n) is 4.46. The van der Waals surface area contributed by atoms with Crippen molar-refractivity contribution in [3.05, 3.63) is 17.3 Å². The molecule has 0 aliphatic carbocycles. The van der Waals surface area contributed by atoms with Crippen molar-refractivity contribution in [3.8, 4) is 11.6 Å². The van der Waals surface area contributed by atoms with Gasteiger partial charge >= 0.3 is 6.36 Å². The van der Waals surface area contributed by atoms with Gasteiger partial charge in [-0.1, -0.05) is 0 Å². The van der Waals surface area contributed by atoms with Gasteiger partial charge in [-0.2, -0.15) is 0 Å². The number of ether oxygens (including phenoxy) is 2. The molecule has 0 aliphatic heterocycles. The van der Waals surface area contributed by atoms with Crippen molar-refractivity contribution in [2.75, 3.05) is 7.11 Å². The molecule has 0 bridgehead atoms. The quantitative estimate of drug-likeness (QED) is 0.626. The number of aromatic nitrogens is 1. The molecular formula is C9H7ClF5NO2. The fourth-order valence-corrected chi connectivity index (χ4v) is 1.36. The Morgan fingerprint density at radius 3 is 2.39 bits per heavy atom. The molecule has 0 atom stereocenters. The highest BCUT2D eigenvalue weighted by Gasteiger charge is 2.35. The highest BCUT2D eigenvalue weighted by molar-refractivity contribution is 6.17. The molecule has 0 aliphatic rings. The number of hydrogen-bond donors (Lipinski definition) is 0. The lowest BCUT2D eigenvalue weighted by Gasteiger charge is -2.16. The molecule has 0 amide bonds. The van der Waals surface area contributed by atoms with Crippen LogP contribution in [0.5, 0.6) is 11.6 Å². The number of hydrogen-bond acceptors (Lipinski definition) is 3. The Kier molecular flexibility index (Phi) is 4.55. The van der Waals surface area contributed by atoms with Crippen molar-refractivity contribution >= 4 is 11.6 Å². The summed E-state index contributed by atoms with van der Waals surface area (Å²) in [6, 6.07) is 1.000. The fourth-order valence-electron chi connectivity index (χ4n) is 1.17. The molecule has 18 heavy (non-hydrogen) atoms. The third kappa shape index (κ3) is 3.59. The molecule has 0 saturated carbocycles. The second-order valence-electron chi connectivity index (χ2n) is 3.02. The standard InChI is InChI=1S/C9H7ClF5NO2/c1-17-5-2-4(3-10)7(18-9(13,14)15)6(16-5)8(11)12/h2,8H,3H2,1H3. The first-order valence-corrected chi connectivity index (χ1v) is 4.99. The zero-order valence-electron chi connectivity index (χ0n) is 8.89. The number of pyridine rings is 1. The van der Waals surface area contributed by atoms with Crippen molar-refractivity contribution in [3.63, 3.8) is 0 Å². The van der Waals surface area contributed by atoms with E-state index in [4.69, 9.17) is 11.6 Å². The predicted molar refractivity (Wildman–Crippen MR) is 52.0 cm³/mol. The van der Waals surface area contributed by atoms with Gasteiger partial charge in [0.05, 0.1) is 13.0 Å². The lowest BCUT2D eigenvalue weighted by Crippen LogP contribution is -2.20. The summed E-state index contributed by atoms with van der Waals surface area (Å²) in [7, 11) is 1.14. The summed E-state index contributed by atoms with van der Waals surface area (Å²) in [5, 5.41) is 0. The Labute approximate surface area is 103 Å². The van der Waals surface area contributed by atoms with Gasteiger partial charge in [-0.3, -0.25) is 0 Å². The number of alkyl halides is 6. The van der Waals surface area contributed by atoms with E-state index < -0.39 is 30.1 Å². The number of halogens is 6. The molecule has 1 aromatic heterocycles. The second-order valence-corrected chi connectivity index (χ2v) is 3.29. The lowest BCUT2D eigenvalue weighted by molar-refractivity contribution is -0.275. The highest BCUT2D eigenvalue weighted by atomic mass is 35.5. The van der Waals surface area contributed by atoms with Gasteiger partial charge in [0.15, 0.2) is 11.4 Å². The zero-order chi connectivity index (χ0) is 13.9. The maximum absolute atomic E-state index is 12.6. The summed E-state index contributed by atoms with van der Waals surface area (Å²) in [4.78, 5) is 3.23. The van der Waals surface area contributed by atoms with E-state index in [0.717, 1.165) is 13.2 Å². The largest absolute Gasteiger partial charge is 0.573 e. The van der Waals surface area contributed by atoms with Crippen LogP contribution in [0, 0.1) is 0 Å². The minimum absolute atomic E-state index is 0.268. The van der Waals surface area contributed by atoms with E-state index in [2.05, 4.69) is 14.5 Å². The number of nitrogens with zero attached hydrogens (tertiary/aromatic N) is 1. The van der Waals surface area contributed by atoms with Crippen molar-refractivity contribution in [1.29, 1.82) is 0 Å². The molecule has 0 aromatic carbocycles. The Morgan fingerprint density at radius 1 is 1.39 bits per heavy atom. The third-order valence-electron chi connectivity index (χ3n) is 1.83. The zero-order valence-corrected chi connectivity index (χ0v) is 9.65. The molecule has 0 radical (unpaired) electrons. The van der Waals surface area contributed by atoms with Crippen LogP contribution < -0.4 is 9.47 Å². The van der Waals surface area contributed by atoms with Gasteiger partial charge in [-0.15, -0.1) is 24.8 Å². The Hall–Kier alpha value is -1.31. The van der Waals surface area contributed by atoms with E-state index in [0.29, 0.717) is 0 Å². The van der Waals surface area contributed by atoms with E-state index >= 15 is 0 Å². The third-order valence-corrected chi connectivity index (χ3v) is 2.12. The summed E-state index contributed by atoms with van der Waals surface area (Å²) in [5.74, 6) is -1.81. The minimum atomic E-state index is -5.11. The van der Waals surface area contributed by atoms with Crippen LogP contribution in [0.3, 0.4) is 0 Å². The molecule has 3 nitrogen and oxygen atoms in total. The summed E-state index contributed by atoms with van der Waals surface area (Å²) in [6.45, 7) is 0. The van der Waals surface area contributed by atoms with Gasteiger partial charge in [0.2, 0.25) is 5.88 Å². The predicted octanol–water partition coefficient (Wildman–Crippen LogP) is 3.67. The van der Waals surface area contributed by atoms with E-state index in [-0.39, 0.29) is 11.4 Å². The molecule has 1 heterocycles. The Bertz CT molecular complexity index is 424. The van der Waals surface area contributed by atoms with Crippen molar-refractivity contribution < 1.29 is 31.4 Å². The van der Waals surface area contributed by atoms with Crippen molar-refractivity contribution in [1.82, 2.24) is 4.98 Å². The Balaban J connectivity index is 3.35. The molecule has 0 saturated heterocycles. The topological polar surface area (TPSA) is 31.4 Å². The molecule has 1 rings (SSSR count). The van der Waals surface area contributed by atoms with Crippen LogP contribution in [0.1, 0.15) is 17.7 Å². The monoisotopic (exact) mass is 291 g/mol. The van der Waals surface area contributed by atoms with Gasteiger partial charge in [0.1, 0.15) is 0 Å². The van der Waals surface area contributed by atoms with Gasteiger partial charge in [-0.25, -0.2) is 13.8 Å². The average Bonchev–Trinajstić information content (AvgIpc) is 2.26. The maximum Gasteiger partial charge on any atom is 0.573 e.